The molecule has 1 fully saturated rings. The monoisotopic (exact) mass is 413 g/mol. The van der Waals surface area contributed by atoms with E-state index in [1.165, 1.54) is 5.56 Å². The summed E-state index contributed by atoms with van der Waals surface area (Å²) >= 11 is 0. The predicted octanol–water partition coefficient (Wildman–Crippen LogP) is 4.04. The van der Waals surface area contributed by atoms with Gasteiger partial charge in [-0.25, -0.2) is 4.98 Å². The van der Waals surface area contributed by atoms with Gasteiger partial charge in [-0.1, -0.05) is 18.7 Å². The third-order valence-electron chi connectivity index (χ3n) is 5.32. The summed E-state index contributed by atoms with van der Waals surface area (Å²) in [6, 6.07) is 14.2. The van der Waals surface area contributed by atoms with Gasteiger partial charge >= 0.3 is 0 Å². The zero-order valence-corrected chi connectivity index (χ0v) is 17.5. The van der Waals surface area contributed by atoms with Gasteiger partial charge in [-0.3, -0.25) is 9.88 Å². The summed E-state index contributed by atoms with van der Waals surface area (Å²) in [6.07, 6.45) is 9.15. The Balaban J connectivity index is 1.41. The topological polar surface area (TPSA) is 76.3 Å². The molecule has 1 aromatic carbocycles. The molecule has 0 radical (unpaired) electrons. The van der Waals surface area contributed by atoms with Gasteiger partial charge in [0.1, 0.15) is 5.82 Å². The van der Waals surface area contributed by atoms with E-state index in [2.05, 4.69) is 51.0 Å². The number of rotatable bonds is 7. The summed E-state index contributed by atoms with van der Waals surface area (Å²) in [5.41, 5.74) is 11.9. The smallest absolute Gasteiger partial charge is 0.131 e. The van der Waals surface area contributed by atoms with Crippen LogP contribution in [0.2, 0.25) is 0 Å². The number of hydrogen-bond donors (Lipinski definition) is 2. The van der Waals surface area contributed by atoms with Gasteiger partial charge in [0.15, 0.2) is 0 Å². The van der Waals surface area contributed by atoms with E-state index in [9.17, 15) is 0 Å². The molecule has 3 N–H and O–H groups in total. The maximum Gasteiger partial charge on any atom is 0.131 e. The lowest BCUT2D eigenvalue weighted by Gasteiger charge is -2.26. The third-order valence-corrected chi connectivity index (χ3v) is 5.32. The van der Waals surface area contributed by atoms with Gasteiger partial charge in [0.2, 0.25) is 0 Å². The molecule has 31 heavy (non-hydrogen) atoms. The minimum Gasteiger partial charge on any atom is -0.383 e. The highest BCUT2D eigenvalue weighted by Crippen LogP contribution is 2.27. The number of pyridine rings is 2. The second-order valence-electron chi connectivity index (χ2n) is 7.44. The van der Waals surface area contributed by atoms with E-state index in [1.807, 2.05) is 36.7 Å². The van der Waals surface area contributed by atoms with Crippen LogP contribution in [0, 0.1) is 0 Å². The van der Waals surface area contributed by atoms with Crippen molar-refractivity contribution in [3.8, 4) is 0 Å². The van der Waals surface area contributed by atoms with Crippen molar-refractivity contribution in [3.05, 3.63) is 96.1 Å². The zero-order valence-electron chi connectivity index (χ0n) is 17.5. The quantitative estimate of drug-likeness (QED) is 0.609. The van der Waals surface area contributed by atoms with Crippen LogP contribution in [0.4, 0.5) is 11.5 Å². The van der Waals surface area contributed by atoms with E-state index in [-0.39, 0.29) is 0 Å². The minimum atomic E-state index is 0.467. The van der Waals surface area contributed by atoms with Gasteiger partial charge in [-0.05, 0) is 53.1 Å². The fourth-order valence-electron chi connectivity index (χ4n) is 3.58. The maximum atomic E-state index is 6.03. The summed E-state index contributed by atoms with van der Waals surface area (Å²) in [5, 5.41) is 3.33. The fourth-order valence-corrected chi connectivity index (χ4v) is 3.58. The SMILES string of the molecule is C=C(c1ccncc1/C=C/Nc1ccc(CN2CCOCC2)cc1)c1cccnc1N. The Bertz CT molecular complexity index is 1060. The van der Waals surface area contributed by atoms with Crippen LogP contribution in [-0.4, -0.2) is 41.2 Å². The molecule has 0 aliphatic carbocycles. The van der Waals surface area contributed by atoms with Crippen molar-refractivity contribution in [1.82, 2.24) is 14.9 Å². The molecule has 1 aliphatic heterocycles. The van der Waals surface area contributed by atoms with Crippen LogP contribution in [0.5, 0.6) is 0 Å². The van der Waals surface area contributed by atoms with E-state index in [0.717, 1.165) is 60.8 Å². The third kappa shape index (κ3) is 5.36. The predicted molar refractivity (Wildman–Crippen MR) is 126 cm³/mol. The Morgan fingerprint density at radius 3 is 2.68 bits per heavy atom. The summed E-state index contributed by atoms with van der Waals surface area (Å²) in [7, 11) is 0. The van der Waals surface area contributed by atoms with Crippen LogP contribution in [-0.2, 0) is 11.3 Å². The summed E-state index contributed by atoms with van der Waals surface area (Å²) in [6.45, 7) is 8.81. The summed E-state index contributed by atoms with van der Waals surface area (Å²) < 4.78 is 5.41. The van der Waals surface area contributed by atoms with Crippen LogP contribution in [0.3, 0.4) is 0 Å². The largest absolute Gasteiger partial charge is 0.383 e. The molecule has 2 aromatic heterocycles. The van der Waals surface area contributed by atoms with E-state index < -0.39 is 0 Å². The van der Waals surface area contributed by atoms with Crippen molar-refractivity contribution in [2.75, 3.05) is 37.4 Å². The molecule has 0 amide bonds. The number of morpholine rings is 1. The molecule has 4 rings (SSSR count). The second kappa shape index (κ2) is 10.0. The lowest BCUT2D eigenvalue weighted by molar-refractivity contribution is 0.0342. The molecule has 0 atom stereocenters. The number of nitrogen functional groups attached to an aromatic ring is 1. The minimum absolute atomic E-state index is 0.467. The maximum absolute atomic E-state index is 6.03. The fraction of sp³-hybridized carbons (Fsp3) is 0.200. The van der Waals surface area contributed by atoms with Crippen molar-refractivity contribution in [2.45, 2.75) is 6.54 Å². The van der Waals surface area contributed by atoms with Crippen LogP contribution >= 0.6 is 0 Å². The highest BCUT2D eigenvalue weighted by atomic mass is 16.5. The Hall–Kier alpha value is -3.48. The second-order valence-corrected chi connectivity index (χ2v) is 7.44. The normalized spacial score (nSPS) is 14.6. The van der Waals surface area contributed by atoms with Crippen LogP contribution in [0.25, 0.3) is 11.6 Å². The van der Waals surface area contributed by atoms with Gasteiger partial charge in [0.25, 0.3) is 0 Å². The van der Waals surface area contributed by atoms with Crippen LogP contribution in [0.1, 0.15) is 22.3 Å². The highest BCUT2D eigenvalue weighted by Gasteiger charge is 2.11. The van der Waals surface area contributed by atoms with Gasteiger partial charge in [0.05, 0.1) is 13.2 Å². The number of aromatic nitrogens is 2. The molecule has 3 aromatic rings. The van der Waals surface area contributed by atoms with Crippen molar-refractivity contribution in [1.29, 1.82) is 0 Å². The standard InChI is InChI=1S/C25H27N5O/c1-19(24-3-2-10-29-25(24)26)23-9-11-27-17-21(23)8-12-28-22-6-4-20(5-7-22)18-30-13-15-31-16-14-30/h2-12,17,28H,1,13-16,18H2,(H2,26,29)/b12-8+. The van der Waals surface area contributed by atoms with E-state index >= 15 is 0 Å². The molecular formula is C25H27N5O. The zero-order chi connectivity index (χ0) is 21.5. The van der Waals surface area contributed by atoms with Crippen molar-refractivity contribution in [2.24, 2.45) is 0 Å². The lowest BCUT2D eigenvalue weighted by Crippen LogP contribution is -2.35. The molecule has 1 aliphatic rings. The number of nitrogens with two attached hydrogens (primary N) is 1. The summed E-state index contributed by atoms with van der Waals surface area (Å²) in [4.78, 5) is 10.8. The van der Waals surface area contributed by atoms with Crippen LogP contribution in [0.15, 0.2) is 73.8 Å². The molecule has 0 saturated carbocycles. The van der Waals surface area contributed by atoms with E-state index in [1.54, 1.807) is 12.4 Å². The van der Waals surface area contributed by atoms with Crippen molar-refractivity contribution < 1.29 is 4.74 Å². The molecular weight excluding hydrogens is 386 g/mol. The number of benzene rings is 1. The molecule has 6 nitrogen and oxygen atoms in total. The number of ether oxygens (including phenoxy) is 1. The molecule has 0 unspecified atom stereocenters. The Morgan fingerprint density at radius 1 is 1.10 bits per heavy atom. The average molecular weight is 414 g/mol. The van der Waals surface area contributed by atoms with E-state index in [4.69, 9.17) is 10.5 Å². The summed E-state index contributed by atoms with van der Waals surface area (Å²) in [5.74, 6) is 0.467. The van der Waals surface area contributed by atoms with Gasteiger partial charge in [-0.15, -0.1) is 0 Å². The molecule has 3 heterocycles. The first-order valence-corrected chi connectivity index (χ1v) is 10.4. The Kier molecular flexibility index (Phi) is 6.72. The molecule has 0 spiro atoms. The van der Waals surface area contributed by atoms with Crippen molar-refractivity contribution >= 4 is 23.2 Å². The first-order valence-electron chi connectivity index (χ1n) is 10.4. The Labute approximate surface area is 183 Å². The molecule has 6 heteroatoms. The number of hydrogen-bond acceptors (Lipinski definition) is 6. The number of nitrogens with zero attached hydrogens (tertiary/aromatic N) is 3. The first kappa shape index (κ1) is 20.8. The lowest BCUT2D eigenvalue weighted by atomic mass is 9.97. The van der Waals surface area contributed by atoms with E-state index in [0.29, 0.717) is 5.82 Å². The Morgan fingerprint density at radius 2 is 1.90 bits per heavy atom. The number of anilines is 2. The van der Waals surface area contributed by atoms with Gasteiger partial charge in [0, 0.05) is 61.2 Å². The average Bonchev–Trinajstić information content (AvgIpc) is 2.81. The highest BCUT2D eigenvalue weighted by molar-refractivity contribution is 5.86. The van der Waals surface area contributed by atoms with Gasteiger partial charge < -0.3 is 15.8 Å². The van der Waals surface area contributed by atoms with Crippen LogP contribution < -0.4 is 11.1 Å². The molecule has 0 bridgehead atoms. The molecule has 158 valence electrons. The molecule has 1 saturated heterocycles. The number of nitrogens with one attached hydrogen (secondary N) is 1. The van der Waals surface area contributed by atoms with Crippen molar-refractivity contribution in [3.63, 3.8) is 0 Å². The first-order chi connectivity index (χ1) is 15.2. The van der Waals surface area contributed by atoms with Gasteiger partial charge in [-0.2, -0.15) is 0 Å².